The molecule has 0 radical (unpaired) electrons. The van der Waals surface area contributed by atoms with Crippen molar-refractivity contribution in [3.05, 3.63) is 82.9 Å². The van der Waals surface area contributed by atoms with E-state index in [1.165, 1.54) is 37.7 Å². The van der Waals surface area contributed by atoms with E-state index in [0.717, 1.165) is 28.0 Å². The van der Waals surface area contributed by atoms with E-state index in [2.05, 4.69) is 57.0 Å². The molecule has 0 bridgehead atoms. The number of hydrogen-bond acceptors (Lipinski definition) is 4. The number of halogens is 1. The molecular formula is C26H25ClN4O. The monoisotopic (exact) mass is 444 g/mol. The van der Waals surface area contributed by atoms with E-state index in [4.69, 9.17) is 16.3 Å². The first kappa shape index (κ1) is 20.7. The Kier molecular flexibility index (Phi) is 6.17. The molecule has 1 heterocycles. The minimum atomic E-state index is 0.466. The third-order valence-corrected chi connectivity index (χ3v) is 6.47. The average Bonchev–Trinajstić information content (AvgIpc) is 3.39. The Morgan fingerprint density at radius 3 is 2.34 bits per heavy atom. The van der Waals surface area contributed by atoms with Crippen LogP contribution in [0.3, 0.4) is 0 Å². The molecule has 1 aliphatic rings. The molecule has 162 valence electrons. The number of nitrogens with zero attached hydrogens (tertiary/aromatic N) is 3. The van der Waals surface area contributed by atoms with Gasteiger partial charge in [0, 0.05) is 10.6 Å². The summed E-state index contributed by atoms with van der Waals surface area (Å²) in [5.41, 5.74) is 5.53. The first-order valence-corrected chi connectivity index (χ1v) is 11.5. The second-order valence-corrected chi connectivity index (χ2v) is 8.74. The van der Waals surface area contributed by atoms with Crippen LogP contribution in [0.4, 0.5) is 0 Å². The van der Waals surface area contributed by atoms with Gasteiger partial charge in [-0.2, -0.15) is 5.21 Å². The summed E-state index contributed by atoms with van der Waals surface area (Å²) in [5.74, 6) is 2.15. The highest BCUT2D eigenvalue weighted by Crippen LogP contribution is 2.34. The molecule has 0 unspecified atom stereocenters. The summed E-state index contributed by atoms with van der Waals surface area (Å²) in [7, 11) is 0. The van der Waals surface area contributed by atoms with Gasteiger partial charge in [0.2, 0.25) is 5.82 Å². The van der Waals surface area contributed by atoms with Gasteiger partial charge in [0.1, 0.15) is 12.4 Å². The molecule has 0 aliphatic heterocycles. The lowest BCUT2D eigenvalue weighted by atomic mass is 9.84. The van der Waals surface area contributed by atoms with Crippen LogP contribution < -0.4 is 4.74 Å². The lowest BCUT2D eigenvalue weighted by molar-refractivity contribution is 0.306. The molecule has 1 aromatic heterocycles. The Bertz CT molecular complexity index is 1150. The molecular weight excluding hydrogens is 420 g/mol. The third-order valence-electron chi connectivity index (χ3n) is 6.22. The first-order valence-electron chi connectivity index (χ1n) is 11.1. The van der Waals surface area contributed by atoms with E-state index >= 15 is 0 Å². The van der Waals surface area contributed by atoms with E-state index in [-0.39, 0.29) is 0 Å². The number of tetrazole rings is 1. The van der Waals surface area contributed by atoms with Gasteiger partial charge in [-0.25, -0.2) is 0 Å². The SMILES string of the molecule is Clc1ccc(-c2cc(-c3nn[nH]n3)ccc2COc2ccc(C3CCCCC3)cc2)cc1. The molecule has 0 spiro atoms. The van der Waals surface area contributed by atoms with E-state index < -0.39 is 0 Å². The summed E-state index contributed by atoms with van der Waals surface area (Å²) in [6.07, 6.45) is 6.67. The van der Waals surface area contributed by atoms with Crippen LogP contribution in [-0.2, 0) is 6.61 Å². The zero-order valence-corrected chi connectivity index (χ0v) is 18.6. The lowest BCUT2D eigenvalue weighted by Crippen LogP contribution is -2.04. The topological polar surface area (TPSA) is 63.7 Å². The summed E-state index contributed by atoms with van der Waals surface area (Å²) < 4.78 is 6.18. The Hall–Kier alpha value is -3.18. The van der Waals surface area contributed by atoms with Crippen LogP contribution in [0.15, 0.2) is 66.7 Å². The van der Waals surface area contributed by atoms with Crippen molar-refractivity contribution < 1.29 is 4.74 Å². The quantitative estimate of drug-likeness (QED) is 0.354. The smallest absolute Gasteiger partial charge is 0.204 e. The molecule has 32 heavy (non-hydrogen) atoms. The number of nitrogens with one attached hydrogen (secondary N) is 1. The molecule has 6 heteroatoms. The number of aromatic amines is 1. The lowest BCUT2D eigenvalue weighted by Gasteiger charge is -2.22. The highest BCUT2D eigenvalue weighted by atomic mass is 35.5. The van der Waals surface area contributed by atoms with Gasteiger partial charge >= 0.3 is 0 Å². The maximum absolute atomic E-state index is 6.18. The van der Waals surface area contributed by atoms with Crippen LogP contribution >= 0.6 is 11.6 Å². The number of H-pyrrole nitrogens is 1. The van der Waals surface area contributed by atoms with Gasteiger partial charge in [-0.05, 0) is 76.6 Å². The molecule has 5 nitrogen and oxygen atoms in total. The molecule has 0 amide bonds. The molecule has 5 rings (SSSR count). The zero-order valence-electron chi connectivity index (χ0n) is 17.8. The summed E-state index contributed by atoms with van der Waals surface area (Å²) in [4.78, 5) is 0. The number of ether oxygens (including phenoxy) is 1. The van der Waals surface area contributed by atoms with Gasteiger partial charge in [0.25, 0.3) is 0 Å². The van der Waals surface area contributed by atoms with E-state index in [1.54, 1.807) is 0 Å². The van der Waals surface area contributed by atoms with Crippen molar-refractivity contribution in [2.45, 2.75) is 44.6 Å². The summed E-state index contributed by atoms with van der Waals surface area (Å²) in [6, 6.07) is 22.6. The van der Waals surface area contributed by atoms with Crippen LogP contribution in [0.5, 0.6) is 5.75 Å². The maximum atomic E-state index is 6.18. The third kappa shape index (κ3) is 4.68. The largest absolute Gasteiger partial charge is 0.489 e. The van der Waals surface area contributed by atoms with Gasteiger partial charge in [-0.3, -0.25) is 0 Å². The number of hydrogen-bond donors (Lipinski definition) is 1. The molecule has 1 N–H and O–H groups in total. The summed E-state index contributed by atoms with van der Waals surface area (Å²) in [5, 5.41) is 15.1. The normalized spacial score (nSPS) is 14.4. The van der Waals surface area contributed by atoms with Crippen molar-refractivity contribution in [3.63, 3.8) is 0 Å². The van der Waals surface area contributed by atoms with Crippen molar-refractivity contribution in [2.24, 2.45) is 0 Å². The van der Waals surface area contributed by atoms with Crippen molar-refractivity contribution in [2.75, 3.05) is 0 Å². The second kappa shape index (κ2) is 9.53. The van der Waals surface area contributed by atoms with Crippen LogP contribution in [0.1, 0.15) is 49.1 Å². The van der Waals surface area contributed by atoms with Crippen molar-refractivity contribution in [3.8, 4) is 28.3 Å². The van der Waals surface area contributed by atoms with Crippen molar-refractivity contribution >= 4 is 11.6 Å². The molecule has 0 saturated heterocycles. The molecule has 0 atom stereocenters. The molecule has 3 aromatic carbocycles. The zero-order chi connectivity index (χ0) is 21.8. The van der Waals surface area contributed by atoms with Gasteiger partial charge in [-0.15, -0.1) is 10.2 Å². The molecule has 1 aliphatic carbocycles. The highest BCUT2D eigenvalue weighted by molar-refractivity contribution is 6.30. The molecule has 1 fully saturated rings. The van der Waals surface area contributed by atoms with E-state index in [9.17, 15) is 0 Å². The van der Waals surface area contributed by atoms with Gasteiger partial charge in [0.05, 0.1) is 0 Å². The first-order chi connectivity index (χ1) is 15.8. The highest BCUT2D eigenvalue weighted by Gasteiger charge is 2.15. The number of rotatable bonds is 6. The maximum Gasteiger partial charge on any atom is 0.204 e. The fourth-order valence-electron chi connectivity index (χ4n) is 4.46. The minimum absolute atomic E-state index is 0.466. The van der Waals surface area contributed by atoms with Gasteiger partial charge in [-0.1, -0.05) is 67.3 Å². The van der Waals surface area contributed by atoms with Crippen molar-refractivity contribution in [1.29, 1.82) is 0 Å². The second-order valence-electron chi connectivity index (χ2n) is 8.31. The molecule has 1 saturated carbocycles. The fraction of sp³-hybridized carbons (Fsp3) is 0.269. The van der Waals surface area contributed by atoms with Crippen LogP contribution in [-0.4, -0.2) is 20.6 Å². The van der Waals surface area contributed by atoms with Crippen LogP contribution in [0.25, 0.3) is 22.5 Å². The van der Waals surface area contributed by atoms with Gasteiger partial charge < -0.3 is 4.74 Å². The predicted molar refractivity (Wildman–Crippen MR) is 127 cm³/mol. The number of aromatic nitrogens is 4. The average molecular weight is 445 g/mol. The Balaban J connectivity index is 1.37. The fourth-order valence-corrected chi connectivity index (χ4v) is 4.58. The number of benzene rings is 3. The minimum Gasteiger partial charge on any atom is -0.489 e. The predicted octanol–water partition coefficient (Wildman–Crippen LogP) is 6.81. The van der Waals surface area contributed by atoms with E-state index in [1.807, 2.05) is 30.3 Å². The molecule has 4 aromatic rings. The Morgan fingerprint density at radius 1 is 0.875 bits per heavy atom. The summed E-state index contributed by atoms with van der Waals surface area (Å²) in [6.45, 7) is 0.466. The standard InChI is InChI=1S/C26H25ClN4O/c27-23-12-8-20(9-13-23)25-16-21(26-28-30-31-29-26)6-7-22(25)17-32-24-14-10-19(11-15-24)18-4-2-1-3-5-18/h6-16,18H,1-5,17H2,(H,28,29,30,31). The Morgan fingerprint density at radius 2 is 1.62 bits per heavy atom. The van der Waals surface area contributed by atoms with Gasteiger partial charge in [0.15, 0.2) is 0 Å². The van der Waals surface area contributed by atoms with E-state index in [0.29, 0.717) is 23.4 Å². The van der Waals surface area contributed by atoms with Crippen molar-refractivity contribution in [1.82, 2.24) is 20.6 Å². The Labute approximate surface area is 192 Å². The van der Waals surface area contributed by atoms with Crippen LogP contribution in [0, 0.1) is 0 Å². The summed E-state index contributed by atoms with van der Waals surface area (Å²) >= 11 is 6.10. The van der Waals surface area contributed by atoms with Crippen LogP contribution in [0.2, 0.25) is 5.02 Å².